The molecule has 1 fully saturated rings. The smallest absolute Gasteiger partial charge is 0.350 e. The first kappa shape index (κ1) is 25.8. The summed E-state index contributed by atoms with van der Waals surface area (Å²) in [6.45, 7) is 8.77. The van der Waals surface area contributed by atoms with Crippen molar-refractivity contribution in [2.45, 2.75) is 33.1 Å². The predicted molar refractivity (Wildman–Crippen MR) is 148 cm³/mol. The number of anilines is 1. The van der Waals surface area contributed by atoms with Crippen LogP contribution in [0.5, 0.6) is 0 Å². The van der Waals surface area contributed by atoms with Gasteiger partial charge in [0.05, 0.1) is 23.9 Å². The molecule has 4 heterocycles. The van der Waals surface area contributed by atoms with E-state index in [0.717, 1.165) is 79.4 Å². The number of piperazine rings is 1. The first-order valence-corrected chi connectivity index (χ1v) is 13.8. The summed E-state index contributed by atoms with van der Waals surface area (Å²) in [4.78, 5) is 34.4. The molecule has 1 N–H and O–H groups in total. The van der Waals surface area contributed by atoms with Crippen molar-refractivity contribution in [1.29, 1.82) is 5.26 Å². The first-order chi connectivity index (χ1) is 18.6. The second-order valence-electron chi connectivity index (χ2n) is 9.40. The Bertz CT molecular complexity index is 1450. The van der Waals surface area contributed by atoms with E-state index in [1.807, 2.05) is 25.1 Å². The van der Waals surface area contributed by atoms with E-state index in [2.05, 4.69) is 42.0 Å². The molecular formula is C28H31N7O2S. The number of hydrogen-bond donors (Lipinski definition) is 1. The van der Waals surface area contributed by atoms with Gasteiger partial charge in [-0.2, -0.15) is 5.26 Å². The summed E-state index contributed by atoms with van der Waals surface area (Å²) in [5, 5.41) is 11.1. The molecule has 10 heteroatoms. The molecule has 0 atom stereocenters. The molecule has 3 aromatic heterocycles. The van der Waals surface area contributed by atoms with Gasteiger partial charge in [0.25, 0.3) is 0 Å². The van der Waals surface area contributed by atoms with E-state index in [4.69, 9.17) is 4.74 Å². The number of unbranched alkanes of at least 4 members (excludes halogenated alkanes) is 1. The van der Waals surface area contributed by atoms with Crippen LogP contribution >= 0.6 is 11.3 Å². The van der Waals surface area contributed by atoms with Crippen molar-refractivity contribution >= 4 is 34.2 Å². The Morgan fingerprint density at radius 2 is 1.97 bits per heavy atom. The fraction of sp³-hybridized carbons (Fsp3) is 0.393. The van der Waals surface area contributed by atoms with E-state index in [1.54, 1.807) is 19.3 Å². The molecule has 196 valence electrons. The molecule has 1 saturated heterocycles. The van der Waals surface area contributed by atoms with E-state index in [0.29, 0.717) is 22.7 Å². The number of aromatic amines is 1. The Labute approximate surface area is 226 Å². The van der Waals surface area contributed by atoms with Gasteiger partial charge in [-0.1, -0.05) is 0 Å². The average Bonchev–Trinajstić information content (AvgIpc) is 3.54. The van der Waals surface area contributed by atoms with Crippen LogP contribution in [0.3, 0.4) is 0 Å². The summed E-state index contributed by atoms with van der Waals surface area (Å²) in [5.74, 6) is 0.389. The highest BCUT2D eigenvalue weighted by Gasteiger charge is 2.20. The minimum absolute atomic E-state index is 0.337. The van der Waals surface area contributed by atoms with E-state index in [9.17, 15) is 10.1 Å². The van der Waals surface area contributed by atoms with Crippen LogP contribution in [0, 0.1) is 18.3 Å². The number of fused-ring (bicyclic) bond motifs is 1. The third-order valence-electron chi connectivity index (χ3n) is 6.86. The SMILES string of the molecule is CCOC(=O)c1sc(-c2cnc(N3CCN(CCCCc4c[nH]c5ccc(C#N)cc45)CC3)nc2)nc1C. The number of benzene rings is 1. The van der Waals surface area contributed by atoms with Crippen molar-refractivity contribution in [2.75, 3.05) is 44.2 Å². The van der Waals surface area contributed by atoms with Crippen LogP contribution in [0.4, 0.5) is 5.95 Å². The lowest BCUT2D eigenvalue weighted by atomic mass is 10.1. The van der Waals surface area contributed by atoms with Crippen LogP contribution in [-0.2, 0) is 11.2 Å². The number of nitrogens with one attached hydrogen (secondary N) is 1. The van der Waals surface area contributed by atoms with Gasteiger partial charge in [0.1, 0.15) is 9.88 Å². The molecule has 4 aromatic rings. The molecule has 0 saturated carbocycles. The zero-order valence-corrected chi connectivity index (χ0v) is 22.6. The van der Waals surface area contributed by atoms with Crippen LogP contribution in [0.1, 0.15) is 46.3 Å². The lowest BCUT2D eigenvalue weighted by Crippen LogP contribution is -2.47. The van der Waals surface area contributed by atoms with Crippen molar-refractivity contribution in [3.8, 4) is 16.6 Å². The second-order valence-corrected chi connectivity index (χ2v) is 10.4. The Morgan fingerprint density at radius 1 is 1.18 bits per heavy atom. The number of carbonyl (C=O) groups excluding carboxylic acids is 1. The molecule has 1 aliphatic heterocycles. The standard InChI is InChI=1S/C28H31N7O2S/c1-3-37-27(36)25-19(2)33-26(38-25)22-17-31-28(32-18-22)35-12-10-34(11-13-35)9-5-4-6-21-16-30-24-8-7-20(15-29)14-23(21)24/h7-8,14,16-18,30H,3-6,9-13H2,1-2H3. The summed E-state index contributed by atoms with van der Waals surface area (Å²) in [6, 6.07) is 8.05. The highest BCUT2D eigenvalue weighted by Crippen LogP contribution is 2.28. The van der Waals surface area contributed by atoms with Gasteiger partial charge in [-0.3, -0.25) is 4.90 Å². The predicted octanol–water partition coefficient (Wildman–Crippen LogP) is 4.58. The molecule has 0 amide bonds. The van der Waals surface area contributed by atoms with Gasteiger partial charge in [-0.05, 0) is 63.4 Å². The highest BCUT2D eigenvalue weighted by molar-refractivity contribution is 7.17. The first-order valence-electron chi connectivity index (χ1n) is 13.0. The van der Waals surface area contributed by atoms with Crippen molar-refractivity contribution in [3.63, 3.8) is 0 Å². The maximum absolute atomic E-state index is 12.1. The number of nitrogens with zero attached hydrogens (tertiary/aromatic N) is 6. The van der Waals surface area contributed by atoms with Crippen LogP contribution in [0.2, 0.25) is 0 Å². The monoisotopic (exact) mass is 529 g/mol. The number of thiazole rings is 1. The molecular weight excluding hydrogens is 498 g/mol. The van der Waals surface area contributed by atoms with Gasteiger partial charge < -0.3 is 14.6 Å². The second kappa shape index (κ2) is 11.7. The Balaban J connectivity index is 1.08. The minimum atomic E-state index is -0.337. The maximum Gasteiger partial charge on any atom is 0.350 e. The number of ether oxygens (including phenoxy) is 1. The zero-order chi connectivity index (χ0) is 26.5. The Hall–Kier alpha value is -3.81. The van der Waals surface area contributed by atoms with Gasteiger partial charge in [-0.25, -0.2) is 19.7 Å². The molecule has 1 aromatic carbocycles. The van der Waals surface area contributed by atoms with E-state index in [1.165, 1.54) is 16.9 Å². The number of carbonyl (C=O) groups is 1. The molecule has 0 bridgehead atoms. The number of nitriles is 1. The average molecular weight is 530 g/mol. The van der Waals surface area contributed by atoms with E-state index >= 15 is 0 Å². The molecule has 0 unspecified atom stereocenters. The number of aromatic nitrogens is 4. The van der Waals surface area contributed by atoms with Crippen LogP contribution in [-0.4, -0.2) is 70.1 Å². The third kappa shape index (κ3) is 5.69. The number of H-pyrrole nitrogens is 1. The lowest BCUT2D eigenvalue weighted by molar-refractivity contribution is 0.0531. The van der Waals surface area contributed by atoms with E-state index in [-0.39, 0.29) is 5.97 Å². The summed E-state index contributed by atoms with van der Waals surface area (Å²) in [5.41, 5.74) is 4.55. The van der Waals surface area contributed by atoms with E-state index < -0.39 is 0 Å². The van der Waals surface area contributed by atoms with Gasteiger partial charge in [-0.15, -0.1) is 11.3 Å². The van der Waals surface area contributed by atoms with Gasteiger partial charge >= 0.3 is 5.97 Å². The maximum atomic E-state index is 12.1. The molecule has 0 radical (unpaired) electrons. The summed E-state index contributed by atoms with van der Waals surface area (Å²) >= 11 is 1.31. The van der Waals surface area contributed by atoms with Crippen molar-refractivity contribution in [2.24, 2.45) is 0 Å². The normalized spacial score (nSPS) is 14.1. The number of esters is 1. The molecule has 5 rings (SSSR count). The molecule has 1 aliphatic rings. The number of aryl methyl sites for hydroxylation is 2. The minimum Gasteiger partial charge on any atom is -0.462 e. The molecule has 0 spiro atoms. The molecule has 38 heavy (non-hydrogen) atoms. The van der Waals surface area contributed by atoms with Gasteiger partial charge in [0.15, 0.2) is 0 Å². The summed E-state index contributed by atoms with van der Waals surface area (Å²) < 4.78 is 5.11. The fourth-order valence-corrected chi connectivity index (χ4v) is 5.71. The van der Waals surface area contributed by atoms with Gasteiger partial charge in [0.2, 0.25) is 5.95 Å². The van der Waals surface area contributed by atoms with Crippen LogP contribution in [0.15, 0.2) is 36.8 Å². The Kier molecular flexibility index (Phi) is 7.96. The van der Waals surface area contributed by atoms with Crippen molar-refractivity contribution in [1.82, 2.24) is 24.8 Å². The third-order valence-corrected chi connectivity index (χ3v) is 8.05. The Morgan fingerprint density at radius 3 is 2.71 bits per heavy atom. The van der Waals surface area contributed by atoms with Crippen molar-refractivity contribution < 1.29 is 9.53 Å². The number of rotatable bonds is 9. The number of hydrogen-bond acceptors (Lipinski definition) is 9. The quantitative estimate of drug-likeness (QED) is 0.248. The summed E-state index contributed by atoms with van der Waals surface area (Å²) in [6.07, 6.45) is 8.90. The largest absolute Gasteiger partial charge is 0.462 e. The summed E-state index contributed by atoms with van der Waals surface area (Å²) in [7, 11) is 0. The zero-order valence-electron chi connectivity index (χ0n) is 21.7. The topological polar surface area (TPSA) is 111 Å². The highest BCUT2D eigenvalue weighted by atomic mass is 32.1. The lowest BCUT2D eigenvalue weighted by Gasteiger charge is -2.34. The van der Waals surface area contributed by atoms with Crippen LogP contribution in [0.25, 0.3) is 21.5 Å². The van der Waals surface area contributed by atoms with Crippen LogP contribution < -0.4 is 4.90 Å². The van der Waals surface area contributed by atoms with Crippen molar-refractivity contribution in [3.05, 3.63) is 58.5 Å². The molecule has 9 nitrogen and oxygen atoms in total. The van der Waals surface area contributed by atoms with Gasteiger partial charge in [0, 0.05) is 61.2 Å². The fourth-order valence-electron chi connectivity index (χ4n) is 4.78. The molecule has 0 aliphatic carbocycles.